The Balaban J connectivity index is 2.12. The van der Waals surface area contributed by atoms with Gasteiger partial charge in [0.1, 0.15) is 11.8 Å². The molecule has 1 aliphatic carbocycles. The predicted molar refractivity (Wildman–Crippen MR) is 105 cm³/mol. The SMILES string of the molecule is CSc1ccccc1C1=CC=C(c2c(C#N)cn(C)c2C(=O)O)CC=C1. The minimum absolute atomic E-state index is 0.141. The van der Waals surface area contributed by atoms with Crippen LogP contribution < -0.4 is 0 Å². The smallest absolute Gasteiger partial charge is 0.353 e. The molecule has 0 saturated heterocycles. The van der Waals surface area contributed by atoms with E-state index in [1.807, 2.05) is 42.7 Å². The molecule has 0 bridgehead atoms. The van der Waals surface area contributed by atoms with Crippen molar-refractivity contribution in [2.45, 2.75) is 11.3 Å². The predicted octanol–water partition coefficient (Wildman–Crippen LogP) is 4.74. The highest BCUT2D eigenvalue weighted by molar-refractivity contribution is 7.98. The zero-order valence-corrected chi connectivity index (χ0v) is 15.4. The molecule has 0 spiro atoms. The van der Waals surface area contributed by atoms with Crippen LogP contribution in [0.15, 0.2) is 59.7 Å². The fourth-order valence-corrected chi connectivity index (χ4v) is 3.79. The molecule has 1 aromatic carbocycles. The lowest BCUT2D eigenvalue weighted by molar-refractivity contribution is 0.0686. The molecule has 26 heavy (non-hydrogen) atoms. The quantitative estimate of drug-likeness (QED) is 0.798. The maximum Gasteiger partial charge on any atom is 0.353 e. The van der Waals surface area contributed by atoms with Gasteiger partial charge in [-0.05, 0) is 35.5 Å². The Bertz CT molecular complexity index is 1000. The van der Waals surface area contributed by atoms with Crippen LogP contribution in [-0.2, 0) is 7.05 Å². The summed E-state index contributed by atoms with van der Waals surface area (Å²) < 4.78 is 1.50. The second-order valence-corrected chi connectivity index (χ2v) is 6.76. The number of benzene rings is 1. The normalized spacial score (nSPS) is 13.6. The number of aromatic carboxylic acids is 1. The molecule has 3 rings (SSSR count). The maximum absolute atomic E-state index is 11.7. The van der Waals surface area contributed by atoms with Crippen LogP contribution in [0.2, 0.25) is 0 Å². The number of rotatable bonds is 4. The average Bonchev–Trinajstić information content (AvgIpc) is 2.81. The van der Waals surface area contributed by atoms with Crippen molar-refractivity contribution in [1.29, 1.82) is 5.26 Å². The van der Waals surface area contributed by atoms with Crippen molar-refractivity contribution in [3.8, 4) is 6.07 Å². The molecule has 5 heteroatoms. The number of allylic oxidation sites excluding steroid dienone is 6. The summed E-state index contributed by atoms with van der Waals surface area (Å²) in [5.74, 6) is -1.03. The highest BCUT2D eigenvalue weighted by atomic mass is 32.2. The second kappa shape index (κ2) is 7.51. The lowest BCUT2D eigenvalue weighted by atomic mass is 9.99. The van der Waals surface area contributed by atoms with Crippen LogP contribution in [0.3, 0.4) is 0 Å². The monoisotopic (exact) mass is 362 g/mol. The number of hydrogen-bond donors (Lipinski definition) is 1. The van der Waals surface area contributed by atoms with Crippen LogP contribution in [0.25, 0.3) is 11.1 Å². The first-order chi connectivity index (χ1) is 12.6. The first-order valence-corrected chi connectivity index (χ1v) is 9.33. The zero-order valence-electron chi connectivity index (χ0n) is 14.6. The molecule has 0 radical (unpaired) electrons. The average molecular weight is 362 g/mol. The summed E-state index contributed by atoms with van der Waals surface area (Å²) in [6, 6.07) is 10.3. The minimum Gasteiger partial charge on any atom is -0.477 e. The van der Waals surface area contributed by atoms with Gasteiger partial charge in [-0.1, -0.05) is 42.5 Å². The van der Waals surface area contributed by atoms with Crippen LogP contribution in [0, 0.1) is 11.3 Å². The highest BCUT2D eigenvalue weighted by Gasteiger charge is 2.22. The summed E-state index contributed by atoms with van der Waals surface area (Å²) in [5.41, 5.74) is 4.06. The van der Waals surface area contributed by atoms with Crippen LogP contribution >= 0.6 is 11.8 Å². The van der Waals surface area contributed by atoms with E-state index in [0.29, 0.717) is 17.5 Å². The number of carbonyl (C=O) groups is 1. The van der Waals surface area contributed by atoms with Crippen molar-refractivity contribution in [3.05, 3.63) is 77.2 Å². The Hall–Kier alpha value is -2.97. The van der Waals surface area contributed by atoms with Crippen LogP contribution in [-0.4, -0.2) is 21.9 Å². The lowest BCUT2D eigenvalue weighted by Crippen LogP contribution is -2.06. The van der Waals surface area contributed by atoms with Gasteiger partial charge in [0.25, 0.3) is 0 Å². The fraction of sp³-hybridized carbons (Fsp3) is 0.143. The first kappa shape index (κ1) is 17.8. The van der Waals surface area contributed by atoms with Gasteiger partial charge in [-0.2, -0.15) is 5.26 Å². The van der Waals surface area contributed by atoms with Gasteiger partial charge in [0, 0.05) is 23.7 Å². The van der Waals surface area contributed by atoms with E-state index >= 15 is 0 Å². The summed E-state index contributed by atoms with van der Waals surface area (Å²) in [5, 5.41) is 19.0. The van der Waals surface area contributed by atoms with Crippen molar-refractivity contribution >= 4 is 28.9 Å². The van der Waals surface area contributed by atoms with Crippen molar-refractivity contribution in [2.24, 2.45) is 7.05 Å². The van der Waals surface area contributed by atoms with Gasteiger partial charge in [-0.25, -0.2) is 4.79 Å². The van der Waals surface area contributed by atoms with E-state index in [1.165, 1.54) is 9.46 Å². The van der Waals surface area contributed by atoms with E-state index in [4.69, 9.17) is 0 Å². The van der Waals surface area contributed by atoms with Gasteiger partial charge >= 0.3 is 5.97 Å². The summed E-state index contributed by atoms with van der Waals surface area (Å²) in [7, 11) is 1.65. The number of aryl methyl sites for hydroxylation is 1. The van der Waals surface area contributed by atoms with Crippen LogP contribution in [0.4, 0.5) is 0 Å². The largest absolute Gasteiger partial charge is 0.477 e. The maximum atomic E-state index is 11.7. The van der Waals surface area contributed by atoms with Gasteiger partial charge in [0.15, 0.2) is 0 Å². The summed E-state index contributed by atoms with van der Waals surface area (Å²) in [4.78, 5) is 12.9. The van der Waals surface area contributed by atoms with Crippen LogP contribution in [0.5, 0.6) is 0 Å². The van der Waals surface area contributed by atoms with Gasteiger partial charge in [-0.3, -0.25) is 0 Å². The number of carboxylic acids is 1. The van der Waals surface area contributed by atoms with E-state index in [0.717, 1.165) is 16.7 Å². The third kappa shape index (κ3) is 3.24. The number of carboxylic acid groups (broad SMARTS) is 1. The van der Waals surface area contributed by atoms with Gasteiger partial charge in [-0.15, -0.1) is 11.8 Å². The lowest BCUT2D eigenvalue weighted by Gasteiger charge is -2.07. The topological polar surface area (TPSA) is 66.0 Å². The number of hydrogen-bond acceptors (Lipinski definition) is 3. The minimum atomic E-state index is -1.03. The van der Waals surface area contributed by atoms with Gasteiger partial charge in [0.2, 0.25) is 0 Å². The molecule has 0 amide bonds. The van der Waals surface area contributed by atoms with Crippen molar-refractivity contribution in [1.82, 2.24) is 4.57 Å². The fourth-order valence-electron chi connectivity index (χ4n) is 3.17. The zero-order chi connectivity index (χ0) is 18.7. The molecule has 0 aliphatic heterocycles. The number of nitrogens with zero attached hydrogens (tertiary/aromatic N) is 2. The first-order valence-electron chi connectivity index (χ1n) is 8.10. The Morgan fingerprint density at radius 1 is 1.31 bits per heavy atom. The molecule has 1 aromatic heterocycles. The Morgan fingerprint density at radius 2 is 2.08 bits per heavy atom. The van der Waals surface area contributed by atoms with E-state index in [1.54, 1.807) is 25.0 Å². The molecule has 0 saturated carbocycles. The summed E-state index contributed by atoms with van der Waals surface area (Å²) in [6.45, 7) is 0. The van der Waals surface area contributed by atoms with Crippen molar-refractivity contribution in [3.63, 3.8) is 0 Å². The third-order valence-corrected chi connectivity index (χ3v) is 5.14. The number of aromatic nitrogens is 1. The van der Waals surface area contributed by atoms with Crippen LogP contribution in [0.1, 0.15) is 33.6 Å². The molecule has 0 unspecified atom stereocenters. The van der Waals surface area contributed by atoms with Gasteiger partial charge < -0.3 is 9.67 Å². The van der Waals surface area contributed by atoms with Crippen molar-refractivity contribution in [2.75, 3.05) is 6.26 Å². The van der Waals surface area contributed by atoms with E-state index in [2.05, 4.69) is 18.2 Å². The molecule has 0 atom stereocenters. The Labute approximate surface area is 156 Å². The van der Waals surface area contributed by atoms with E-state index in [-0.39, 0.29) is 5.69 Å². The third-order valence-electron chi connectivity index (χ3n) is 4.34. The second-order valence-electron chi connectivity index (χ2n) is 5.91. The van der Waals surface area contributed by atoms with Gasteiger partial charge in [0.05, 0.1) is 5.56 Å². The Kier molecular flexibility index (Phi) is 5.15. The molecule has 2 aromatic rings. The molecule has 4 nitrogen and oxygen atoms in total. The Morgan fingerprint density at radius 3 is 2.77 bits per heavy atom. The molecular weight excluding hydrogens is 344 g/mol. The molecule has 130 valence electrons. The summed E-state index contributed by atoms with van der Waals surface area (Å²) in [6.07, 6.45) is 12.2. The van der Waals surface area contributed by atoms with E-state index in [9.17, 15) is 15.2 Å². The molecule has 0 fully saturated rings. The van der Waals surface area contributed by atoms with Crippen molar-refractivity contribution < 1.29 is 9.90 Å². The molecule has 1 aliphatic rings. The van der Waals surface area contributed by atoms with E-state index < -0.39 is 5.97 Å². The standard InChI is InChI=1S/C21H18N2O2S/c1-23-13-16(12-22)19(20(23)21(24)25)15-7-5-6-14(10-11-15)17-8-3-4-9-18(17)26-2/h3-6,8-11,13H,7H2,1-2H3,(H,24,25). The molecule has 1 heterocycles. The summed E-state index contributed by atoms with van der Waals surface area (Å²) >= 11 is 1.69. The molecular formula is C21H18N2O2S. The number of thioether (sulfide) groups is 1. The molecule has 1 N–H and O–H groups in total. The highest BCUT2D eigenvalue weighted by Crippen LogP contribution is 2.33. The number of nitriles is 1.